The lowest BCUT2D eigenvalue weighted by atomic mass is 9.85. The van der Waals surface area contributed by atoms with Gasteiger partial charge in [0.25, 0.3) is 0 Å². The fraction of sp³-hybridized carbons (Fsp3) is 0.458. The van der Waals surface area contributed by atoms with E-state index in [9.17, 15) is 9.90 Å². The number of amides is 1. The molecule has 1 aromatic carbocycles. The van der Waals surface area contributed by atoms with E-state index in [0.29, 0.717) is 24.9 Å². The highest BCUT2D eigenvalue weighted by Crippen LogP contribution is 2.39. The lowest BCUT2D eigenvalue weighted by Crippen LogP contribution is -2.23. The topological polar surface area (TPSA) is 101 Å². The molecule has 3 heterocycles. The van der Waals surface area contributed by atoms with Crippen molar-refractivity contribution >= 4 is 23.1 Å². The van der Waals surface area contributed by atoms with Crippen molar-refractivity contribution in [2.45, 2.75) is 57.1 Å². The molecule has 3 aromatic rings. The van der Waals surface area contributed by atoms with Gasteiger partial charge >= 0.3 is 0 Å². The predicted molar refractivity (Wildman–Crippen MR) is 123 cm³/mol. The van der Waals surface area contributed by atoms with Crippen molar-refractivity contribution < 1.29 is 14.6 Å². The normalized spacial score (nSPS) is 21.4. The lowest BCUT2D eigenvalue weighted by molar-refractivity contribution is -0.115. The molecule has 8 heteroatoms. The summed E-state index contributed by atoms with van der Waals surface area (Å²) in [6.07, 6.45) is 5.55. The number of carbonyl (C=O) groups excluding carboxylic acids is 1. The molecule has 0 saturated heterocycles. The molecule has 0 unspecified atom stereocenters. The standard InChI is InChI=1S/C24H29N5O3/c1-14(13-32-2)26-24-25-12-22-19(16-3-4-17-10-23(31)27-20(17)9-16)11-21(29(22)28-24)15-5-7-18(30)8-6-15/h3-4,9,11-12,14-15,18,30H,5-8,10,13H2,1-2H3,(H,26,28)(H,27,31)/t14-,15?,18?/m0/s1. The van der Waals surface area contributed by atoms with Crippen LogP contribution in [0.5, 0.6) is 0 Å². The highest BCUT2D eigenvalue weighted by molar-refractivity contribution is 6.00. The Kier molecular flexibility index (Phi) is 5.57. The molecule has 3 N–H and O–H groups in total. The molecular weight excluding hydrogens is 406 g/mol. The second-order valence-corrected chi connectivity index (χ2v) is 8.96. The highest BCUT2D eigenvalue weighted by atomic mass is 16.5. The lowest BCUT2D eigenvalue weighted by Gasteiger charge is -2.25. The highest BCUT2D eigenvalue weighted by Gasteiger charge is 2.26. The molecule has 1 fully saturated rings. The SMILES string of the molecule is COC[C@H](C)Nc1ncc2c(-c3ccc4c(c3)NC(=O)C4)cc(C3CCC(O)CC3)n2n1. The number of hydrogen-bond donors (Lipinski definition) is 3. The number of nitrogens with one attached hydrogen (secondary N) is 2. The van der Waals surface area contributed by atoms with Gasteiger partial charge in [-0.3, -0.25) is 4.79 Å². The third kappa shape index (κ3) is 3.96. The molecule has 5 rings (SSSR count). The Hall–Kier alpha value is -2.97. The van der Waals surface area contributed by atoms with Gasteiger partial charge in [0.05, 0.1) is 30.8 Å². The first-order valence-electron chi connectivity index (χ1n) is 11.3. The van der Waals surface area contributed by atoms with E-state index in [0.717, 1.165) is 59.3 Å². The third-order valence-electron chi connectivity index (χ3n) is 6.50. The molecule has 2 aliphatic rings. The van der Waals surface area contributed by atoms with Crippen molar-refractivity contribution in [3.63, 3.8) is 0 Å². The summed E-state index contributed by atoms with van der Waals surface area (Å²) >= 11 is 0. The molecule has 8 nitrogen and oxygen atoms in total. The first kappa shape index (κ1) is 20.9. The van der Waals surface area contributed by atoms with Crippen molar-refractivity contribution in [2.24, 2.45) is 0 Å². The number of aliphatic hydroxyl groups excluding tert-OH is 1. The minimum atomic E-state index is -0.209. The third-order valence-corrected chi connectivity index (χ3v) is 6.50. The number of anilines is 2. The maximum Gasteiger partial charge on any atom is 0.241 e. The van der Waals surface area contributed by atoms with Gasteiger partial charge in [0.2, 0.25) is 11.9 Å². The second-order valence-electron chi connectivity index (χ2n) is 8.96. The minimum absolute atomic E-state index is 0.0320. The number of aromatic nitrogens is 3. The maximum atomic E-state index is 11.8. The van der Waals surface area contributed by atoms with Crippen LogP contribution < -0.4 is 10.6 Å². The molecule has 0 spiro atoms. The fourth-order valence-electron chi connectivity index (χ4n) is 4.87. The Bertz CT molecular complexity index is 1150. The number of nitrogens with zero attached hydrogens (tertiary/aromatic N) is 3. The van der Waals surface area contributed by atoms with E-state index in [2.05, 4.69) is 27.8 Å². The summed E-state index contributed by atoms with van der Waals surface area (Å²) in [4.78, 5) is 16.4. The van der Waals surface area contributed by atoms with E-state index in [1.54, 1.807) is 7.11 Å². The van der Waals surface area contributed by atoms with Crippen molar-refractivity contribution in [1.82, 2.24) is 14.6 Å². The zero-order valence-corrected chi connectivity index (χ0v) is 18.5. The first-order valence-corrected chi connectivity index (χ1v) is 11.3. The van der Waals surface area contributed by atoms with Crippen molar-refractivity contribution in [2.75, 3.05) is 24.4 Å². The van der Waals surface area contributed by atoms with E-state index in [-0.39, 0.29) is 18.1 Å². The molecule has 1 amide bonds. The molecule has 2 aromatic heterocycles. The molecule has 1 aliphatic carbocycles. The zero-order valence-electron chi connectivity index (χ0n) is 18.5. The van der Waals surface area contributed by atoms with Crippen molar-refractivity contribution in [3.8, 4) is 11.1 Å². The summed E-state index contributed by atoms with van der Waals surface area (Å²) in [5, 5.41) is 21.1. The van der Waals surface area contributed by atoms with Crippen LogP contribution in [0.4, 0.5) is 11.6 Å². The zero-order chi connectivity index (χ0) is 22.2. The quantitative estimate of drug-likeness (QED) is 0.549. The Labute approximate surface area is 187 Å². The van der Waals surface area contributed by atoms with E-state index >= 15 is 0 Å². The second kappa shape index (κ2) is 8.52. The molecule has 1 saturated carbocycles. The number of carbonyl (C=O) groups is 1. The van der Waals surface area contributed by atoms with E-state index in [1.165, 1.54) is 0 Å². The summed E-state index contributed by atoms with van der Waals surface area (Å²) < 4.78 is 7.22. The van der Waals surface area contributed by atoms with Crippen LogP contribution in [0.15, 0.2) is 30.5 Å². The Morgan fingerprint density at radius 3 is 2.88 bits per heavy atom. The van der Waals surface area contributed by atoms with Gasteiger partial charge in [-0.1, -0.05) is 12.1 Å². The van der Waals surface area contributed by atoms with Gasteiger partial charge in [0.15, 0.2) is 0 Å². The number of methoxy groups -OCH3 is 1. The molecule has 0 bridgehead atoms. The molecule has 1 atom stereocenters. The number of hydrogen-bond acceptors (Lipinski definition) is 6. The van der Waals surface area contributed by atoms with Gasteiger partial charge < -0.3 is 20.5 Å². The number of fused-ring (bicyclic) bond motifs is 2. The average molecular weight is 436 g/mol. The van der Waals surface area contributed by atoms with Gasteiger partial charge in [-0.05, 0) is 55.9 Å². The van der Waals surface area contributed by atoms with Gasteiger partial charge in [-0.2, -0.15) is 0 Å². The first-order chi connectivity index (χ1) is 15.5. The van der Waals surface area contributed by atoms with E-state index in [1.807, 2.05) is 29.8 Å². The molecule has 32 heavy (non-hydrogen) atoms. The van der Waals surface area contributed by atoms with Crippen LogP contribution in [-0.2, 0) is 16.0 Å². The smallest absolute Gasteiger partial charge is 0.241 e. The van der Waals surface area contributed by atoms with Crippen molar-refractivity contribution in [1.29, 1.82) is 0 Å². The Balaban J connectivity index is 1.57. The summed E-state index contributed by atoms with van der Waals surface area (Å²) in [6, 6.07) is 8.41. The van der Waals surface area contributed by atoms with Crippen LogP contribution in [0.3, 0.4) is 0 Å². The predicted octanol–water partition coefficient (Wildman–Crippen LogP) is 3.36. The van der Waals surface area contributed by atoms with Crippen LogP contribution in [0, 0.1) is 0 Å². The van der Waals surface area contributed by atoms with Crippen molar-refractivity contribution in [3.05, 3.63) is 41.7 Å². The summed E-state index contributed by atoms with van der Waals surface area (Å²) in [7, 11) is 1.68. The largest absolute Gasteiger partial charge is 0.393 e. The maximum absolute atomic E-state index is 11.8. The average Bonchev–Trinajstić information content (AvgIpc) is 3.33. The molecular formula is C24H29N5O3. The monoisotopic (exact) mass is 435 g/mol. The Morgan fingerprint density at radius 2 is 2.09 bits per heavy atom. The van der Waals surface area contributed by atoms with E-state index < -0.39 is 0 Å². The van der Waals surface area contributed by atoms with Gasteiger partial charge in [0, 0.05) is 36.0 Å². The number of benzene rings is 1. The fourth-order valence-corrected chi connectivity index (χ4v) is 4.87. The number of aliphatic hydroxyl groups is 1. The molecule has 168 valence electrons. The van der Waals surface area contributed by atoms with Gasteiger partial charge in [-0.25, -0.2) is 9.50 Å². The Morgan fingerprint density at radius 1 is 1.28 bits per heavy atom. The number of ether oxygens (including phenoxy) is 1. The number of rotatable bonds is 6. The van der Waals surface area contributed by atoms with Gasteiger partial charge in [0.1, 0.15) is 0 Å². The van der Waals surface area contributed by atoms with E-state index in [4.69, 9.17) is 9.84 Å². The van der Waals surface area contributed by atoms with Crippen LogP contribution >= 0.6 is 0 Å². The van der Waals surface area contributed by atoms with Crippen LogP contribution in [0.25, 0.3) is 16.6 Å². The van der Waals surface area contributed by atoms with Crippen LogP contribution in [-0.4, -0.2) is 51.5 Å². The van der Waals surface area contributed by atoms with Gasteiger partial charge in [-0.15, -0.1) is 5.10 Å². The summed E-state index contributed by atoms with van der Waals surface area (Å²) in [5.74, 6) is 0.917. The summed E-state index contributed by atoms with van der Waals surface area (Å²) in [5.41, 5.74) is 6.05. The molecule has 1 aliphatic heterocycles. The summed E-state index contributed by atoms with van der Waals surface area (Å²) in [6.45, 7) is 2.59. The minimum Gasteiger partial charge on any atom is -0.393 e. The van der Waals surface area contributed by atoms with Crippen LogP contribution in [0.1, 0.15) is 49.8 Å². The molecule has 0 radical (unpaired) electrons. The van der Waals surface area contributed by atoms with Crippen LogP contribution in [0.2, 0.25) is 0 Å².